The van der Waals surface area contributed by atoms with Gasteiger partial charge in [-0.2, -0.15) is 0 Å². The minimum absolute atomic E-state index is 0.711. The Hall–Kier alpha value is -1.48. The summed E-state index contributed by atoms with van der Waals surface area (Å²) in [6.07, 6.45) is 5.35. The summed E-state index contributed by atoms with van der Waals surface area (Å²) in [5, 5.41) is 1.40. The third kappa shape index (κ3) is 2.07. The molecule has 3 nitrogen and oxygen atoms in total. The van der Waals surface area contributed by atoms with E-state index in [-0.39, 0.29) is 0 Å². The van der Waals surface area contributed by atoms with Crippen molar-refractivity contribution in [3.8, 4) is 5.75 Å². The summed E-state index contributed by atoms with van der Waals surface area (Å²) in [6.45, 7) is 7.74. The van der Waals surface area contributed by atoms with E-state index in [1.165, 1.54) is 49.7 Å². The maximum absolute atomic E-state index is 5.75. The lowest BCUT2D eigenvalue weighted by Gasteiger charge is -2.53. The van der Waals surface area contributed by atoms with E-state index in [0.717, 1.165) is 30.2 Å². The van der Waals surface area contributed by atoms with E-state index in [1.807, 2.05) is 0 Å². The summed E-state index contributed by atoms with van der Waals surface area (Å²) in [4.78, 5) is 6.65. The Morgan fingerprint density at radius 2 is 2.17 bits per heavy atom. The molecule has 1 N–H and O–H groups in total. The molecule has 1 aromatic heterocycles. The first-order valence-electron chi connectivity index (χ1n) is 9.79. The van der Waals surface area contributed by atoms with Crippen LogP contribution < -0.4 is 4.74 Å². The van der Waals surface area contributed by atoms with E-state index in [2.05, 4.69) is 41.9 Å². The largest absolute Gasteiger partial charge is 0.494 e. The lowest BCUT2D eigenvalue weighted by molar-refractivity contribution is -0.0134. The van der Waals surface area contributed by atoms with Crippen LogP contribution in [-0.2, 0) is 6.42 Å². The van der Waals surface area contributed by atoms with Crippen LogP contribution in [0.2, 0.25) is 0 Å². The highest BCUT2D eigenvalue weighted by Crippen LogP contribution is 2.51. The van der Waals surface area contributed by atoms with Gasteiger partial charge in [-0.1, -0.05) is 13.3 Å². The topological polar surface area (TPSA) is 28.3 Å². The van der Waals surface area contributed by atoms with Crippen molar-refractivity contribution in [3.05, 3.63) is 29.5 Å². The highest BCUT2D eigenvalue weighted by atomic mass is 16.5. The van der Waals surface area contributed by atoms with E-state index in [9.17, 15) is 0 Å². The van der Waals surface area contributed by atoms with Gasteiger partial charge in [-0.3, -0.25) is 4.90 Å². The standard InChI is InChI=1S/C21H28N2O/c1-3-14-9-13-10-18-20-16(7-8-23(12-13)21(14)18)17-11-15(24-4-2)5-6-19(17)22-20/h5-6,11,13-14,18,21-22H,3-4,7-10,12H2,1-2H3. The number of fused-ring (bicyclic) bond motifs is 4. The van der Waals surface area contributed by atoms with Crippen LogP contribution in [0.3, 0.4) is 0 Å². The normalized spacial score (nSPS) is 34.2. The smallest absolute Gasteiger partial charge is 0.120 e. The first-order valence-corrected chi connectivity index (χ1v) is 9.79. The number of rotatable bonds is 3. The number of hydrogen-bond donors (Lipinski definition) is 1. The summed E-state index contributed by atoms with van der Waals surface area (Å²) < 4.78 is 5.75. The average Bonchev–Trinajstić information content (AvgIpc) is 2.92. The molecule has 128 valence electrons. The van der Waals surface area contributed by atoms with Crippen molar-refractivity contribution < 1.29 is 4.74 Å². The van der Waals surface area contributed by atoms with Gasteiger partial charge in [0.1, 0.15) is 5.75 Å². The summed E-state index contributed by atoms with van der Waals surface area (Å²) in [5.74, 6) is 3.51. The highest BCUT2D eigenvalue weighted by Gasteiger charge is 2.48. The number of nitrogens with one attached hydrogen (secondary N) is 1. The van der Waals surface area contributed by atoms with E-state index in [1.54, 1.807) is 11.3 Å². The number of H-pyrrole nitrogens is 1. The molecule has 3 aliphatic heterocycles. The second kappa shape index (κ2) is 5.52. The van der Waals surface area contributed by atoms with Crippen molar-refractivity contribution >= 4 is 10.9 Å². The number of benzene rings is 1. The second-order valence-electron chi connectivity index (χ2n) is 8.01. The van der Waals surface area contributed by atoms with Crippen molar-refractivity contribution in [2.24, 2.45) is 11.8 Å². The number of piperidine rings is 2. The second-order valence-corrected chi connectivity index (χ2v) is 8.01. The minimum atomic E-state index is 0.711. The molecule has 4 heterocycles. The molecule has 6 rings (SSSR count). The van der Waals surface area contributed by atoms with Gasteiger partial charge < -0.3 is 9.72 Å². The zero-order chi connectivity index (χ0) is 16.3. The maximum atomic E-state index is 5.75. The van der Waals surface area contributed by atoms with E-state index in [0.29, 0.717) is 5.92 Å². The molecule has 2 aromatic rings. The fourth-order valence-electron chi connectivity index (χ4n) is 5.93. The zero-order valence-electron chi connectivity index (χ0n) is 14.8. The number of hydrogen-bond acceptors (Lipinski definition) is 2. The molecule has 1 aromatic carbocycles. The summed E-state index contributed by atoms with van der Waals surface area (Å²) >= 11 is 0. The Kier molecular flexibility index (Phi) is 3.41. The molecule has 4 aliphatic rings. The molecule has 0 amide bonds. The van der Waals surface area contributed by atoms with Crippen molar-refractivity contribution in [1.29, 1.82) is 0 Å². The van der Waals surface area contributed by atoms with Crippen molar-refractivity contribution in [2.75, 3.05) is 19.7 Å². The van der Waals surface area contributed by atoms with E-state index >= 15 is 0 Å². The molecule has 24 heavy (non-hydrogen) atoms. The lowest BCUT2D eigenvalue weighted by Crippen LogP contribution is -2.56. The van der Waals surface area contributed by atoms with Crippen LogP contribution in [0, 0.1) is 11.8 Å². The van der Waals surface area contributed by atoms with Gasteiger partial charge >= 0.3 is 0 Å². The van der Waals surface area contributed by atoms with E-state index in [4.69, 9.17) is 4.74 Å². The monoisotopic (exact) mass is 324 g/mol. The SMILES string of the molecule is CCOc1ccc2[nH]c3c(c2c1)CCN1CC2CC(CC)C1C3C2. The molecule has 1 saturated carbocycles. The summed E-state index contributed by atoms with van der Waals surface area (Å²) in [5.41, 5.74) is 4.42. The Morgan fingerprint density at radius 1 is 1.25 bits per heavy atom. The fourth-order valence-corrected chi connectivity index (χ4v) is 5.93. The predicted octanol–water partition coefficient (Wildman–Crippen LogP) is 4.33. The minimum Gasteiger partial charge on any atom is -0.494 e. The Bertz CT molecular complexity index is 765. The number of aromatic amines is 1. The van der Waals surface area contributed by atoms with Gasteiger partial charge in [0.25, 0.3) is 0 Å². The van der Waals surface area contributed by atoms with Gasteiger partial charge in [0, 0.05) is 41.6 Å². The van der Waals surface area contributed by atoms with Crippen LogP contribution in [-0.4, -0.2) is 35.6 Å². The molecule has 0 spiro atoms. The van der Waals surface area contributed by atoms with Crippen LogP contribution in [0.15, 0.2) is 18.2 Å². The Morgan fingerprint density at radius 3 is 3.00 bits per heavy atom. The van der Waals surface area contributed by atoms with Crippen molar-refractivity contribution in [1.82, 2.24) is 9.88 Å². The van der Waals surface area contributed by atoms with Crippen LogP contribution in [0.4, 0.5) is 0 Å². The molecule has 0 radical (unpaired) electrons. The van der Waals surface area contributed by atoms with E-state index < -0.39 is 0 Å². The molecule has 3 heteroatoms. The first-order chi connectivity index (χ1) is 11.8. The molecule has 2 saturated heterocycles. The molecule has 3 fully saturated rings. The summed E-state index contributed by atoms with van der Waals surface area (Å²) in [7, 11) is 0. The summed E-state index contributed by atoms with van der Waals surface area (Å²) in [6, 6.07) is 7.34. The number of nitrogens with zero attached hydrogens (tertiary/aromatic N) is 1. The molecular formula is C21H28N2O. The number of aromatic nitrogens is 1. The Balaban J connectivity index is 1.63. The molecule has 5 atom stereocenters. The molecule has 5 unspecified atom stereocenters. The predicted molar refractivity (Wildman–Crippen MR) is 97.8 cm³/mol. The molecular weight excluding hydrogens is 296 g/mol. The Labute approximate surface area is 144 Å². The van der Waals surface area contributed by atoms with Gasteiger partial charge in [0.15, 0.2) is 0 Å². The number of ether oxygens (including phenoxy) is 1. The lowest BCUT2D eigenvalue weighted by atomic mass is 9.65. The highest BCUT2D eigenvalue weighted by molar-refractivity contribution is 5.86. The third-order valence-corrected chi connectivity index (χ3v) is 6.80. The van der Waals surface area contributed by atoms with Gasteiger partial charge in [-0.25, -0.2) is 0 Å². The van der Waals surface area contributed by atoms with Crippen molar-refractivity contribution in [3.63, 3.8) is 0 Å². The fraction of sp³-hybridized carbons (Fsp3) is 0.619. The van der Waals surface area contributed by atoms with Gasteiger partial charge in [0.05, 0.1) is 6.61 Å². The quantitative estimate of drug-likeness (QED) is 0.910. The first kappa shape index (κ1) is 14.8. The van der Waals surface area contributed by atoms with Crippen LogP contribution >= 0.6 is 0 Å². The van der Waals surface area contributed by atoms with Gasteiger partial charge in [-0.15, -0.1) is 0 Å². The molecule has 1 aliphatic carbocycles. The van der Waals surface area contributed by atoms with Crippen molar-refractivity contribution in [2.45, 2.75) is 51.5 Å². The van der Waals surface area contributed by atoms with Gasteiger partial charge in [-0.05, 0) is 61.8 Å². The molecule has 4 bridgehead atoms. The third-order valence-electron chi connectivity index (χ3n) is 6.80. The maximum Gasteiger partial charge on any atom is 0.120 e. The zero-order valence-corrected chi connectivity index (χ0v) is 14.8. The van der Waals surface area contributed by atoms with Crippen LogP contribution in [0.5, 0.6) is 5.75 Å². The van der Waals surface area contributed by atoms with Crippen LogP contribution in [0.1, 0.15) is 50.3 Å². The van der Waals surface area contributed by atoms with Crippen LogP contribution in [0.25, 0.3) is 10.9 Å². The average molecular weight is 324 g/mol. The van der Waals surface area contributed by atoms with Gasteiger partial charge in [0.2, 0.25) is 0 Å².